The van der Waals surface area contributed by atoms with Crippen molar-refractivity contribution < 1.29 is 9.90 Å². The van der Waals surface area contributed by atoms with Crippen molar-refractivity contribution in [3.63, 3.8) is 0 Å². The first-order valence-electron chi connectivity index (χ1n) is 6.31. The van der Waals surface area contributed by atoms with Gasteiger partial charge in [-0.05, 0) is 44.4 Å². The minimum Gasteiger partial charge on any atom is -0.481 e. The van der Waals surface area contributed by atoms with Crippen molar-refractivity contribution in [3.05, 3.63) is 35.5 Å². The number of rotatable bonds is 4. The minimum absolute atomic E-state index is 0.187. The van der Waals surface area contributed by atoms with Crippen molar-refractivity contribution in [1.82, 2.24) is 4.57 Å². The Morgan fingerprint density at radius 1 is 1.39 bits per heavy atom. The van der Waals surface area contributed by atoms with Crippen LogP contribution in [0.25, 0.3) is 10.9 Å². The Kier molecular flexibility index (Phi) is 3.41. The average molecular weight is 245 g/mol. The van der Waals surface area contributed by atoms with Gasteiger partial charge in [-0.2, -0.15) is 0 Å². The molecule has 1 heterocycles. The van der Waals surface area contributed by atoms with Crippen molar-refractivity contribution >= 4 is 16.9 Å². The van der Waals surface area contributed by atoms with Crippen LogP contribution in [0.5, 0.6) is 0 Å². The molecule has 1 aromatic heterocycles. The minimum atomic E-state index is -0.745. The van der Waals surface area contributed by atoms with Crippen molar-refractivity contribution in [3.8, 4) is 0 Å². The quantitative estimate of drug-likeness (QED) is 0.895. The standard InChI is InChI=1S/C15H19NO2/c1-10(2)16-9-11(3)13-6-4-12(8-14(13)16)5-7-15(17)18/h4,6,8-10H,5,7H2,1-3H3,(H,17,18). The van der Waals surface area contributed by atoms with Crippen molar-refractivity contribution in [1.29, 1.82) is 0 Å². The number of nitrogens with zero attached hydrogens (tertiary/aromatic N) is 1. The summed E-state index contributed by atoms with van der Waals surface area (Å²) < 4.78 is 2.24. The molecule has 1 N–H and O–H groups in total. The van der Waals surface area contributed by atoms with Crippen LogP contribution in [0, 0.1) is 6.92 Å². The van der Waals surface area contributed by atoms with E-state index in [0.29, 0.717) is 12.5 Å². The van der Waals surface area contributed by atoms with Crippen LogP contribution in [0.2, 0.25) is 0 Å². The monoisotopic (exact) mass is 245 g/mol. The highest BCUT2D eigenvalue weighted by Gasteiger charge is 2.09. The Morgan fingerprint density at radius 3 is 2.72 bits per heavy atom. The lowest BCUT2D eigenvalue weighted by Crippen LogP contribution is -2.00. The number of carboxylic acids is 1. The number of hydrogen-bond donors (Lipinski definition) is 1. The molecule has 0 bridgehead atoms. The molecule has 1 aromatic carbocycles. The average Bonchev–Trinajstić information content (AvgIpc) is 2.64. The first kappa shape index (κ1) is 12.7. The molecule has 0 atom stereocenters. The van der Waals surface area contributed by atoms with E-state index in [4.69, 9.17) is 5.11 Å². The van der Waals surface area contributed by atoms with Gasteiger partial charge in [0.1, 0.15) is 0 Å². The lowest BCUT2D eigenvalue weighted by atomic mass is 10.1. The molecule has 3 heteroatoms. The van der Waals surface area contributed by atoms with Gasteiger partial charge in [-0.3, -0.25) is 4.79 Å². The van der Waals surface area contributed by atoms with Crippen LogP contribution < -0.4 is 0 Å². The van der Waals surface area contributed by atoms with Gasteiger partial charge in [-0.15, -0.1) is 0 Å². The molecule has 0 saturated carbocycles. The second-order valence-electron chi connectivity index (χ2n) is 5.06. The number of aromatic nitrogens is 1. The SMILES string of the molecule is Cc1cn(C(C)C)c2cc(CCC(=O)O)ccc12. The van der Waals surface area contributed by atoms with Gasteiger partial charge in [-0.1, -0.05) is 12.1 Å². The van der Waals surface area contributed by atoms with E-state index < -0.39 is 5.97 Å². The summed E-state index contributed by atoms with van der Waals surface area (Å²) in [5, 5.41) is 9.98. The second kappa shape index (κ2) is 4.84. The summed E-state index contributed by atoms with van der Waals surface area (Å²) in [6.07, 6.45) is 2.94. The van der Waals surface area contributed by atoms with Gasteiger partial charge in [0.15, 0.2) is 0 Å². The lowest BCUT2D eigenvalue weighted by Gasteiger charge is -2.10. The Bertz CT molecular complexity index is 581. The van der Waals surface area contributed by atoms with Crippen LogP contribution in [0.1, 0.15) is 37.4 Å². The van der Waals surface area contributed by atoms with Crippen LogP contribution in [-0.4, -0.2) is 15.6 Å². The molecule has 0 unspecified atom stereocenters. The normalized spacial score (nSPS) is 11.3. The molecule has 0 fully saturated rings. The third-order valence-electron chi connectivity index (χ3n) is 3.28. The highest BCUT2D eigenvalue weighted by Crippen LogP contribution is 2.25. The van der Waals surface area contributed by atoms with E-state index in [-0.39, 0.29) is 6.42 Å². The number of aliphatic carboxylic acids is 1. The number of hydrogen-bond acceptors (Lipinski definition) is 1. The molecular weight excluding hydrogens is 226 g/mol. The Labute approximate surface area is 107 Å². The predicted molar refractivity (Wildman–Crippen MR) is 73.0 cm³/mol. The summed E-state index contributed by atoms with van der Waals surface area (Å²) in [4.78, 5) is 10.6. The molecule has 0 aliphatic heterocycles. The van der Waals surface area contributed by atoms with E-state index in [2.05, 4.69) is 43.7 Å². The molecule has 0 aliphatic carbocycles. The van der Waals surface area contributed by atoms with Crippen LogP contribution >= 0.6 is 0 Å². The van der Waals surface area contributed by atoms with E-state index in [9.17, 15) is 4.79 Å². The van der Waals surface area contributed by atoms with E-state index in [1.54, 1.807) is 0 Å². The molecule has 0 spiro atoms. The zero-order chi connectivity index (χ0) is 13.3. The van der Waals surface area contributed by atoms with Gasteiger partial charge in [0, 0.05) is 29.6 Å². The zero-order valence-corrected chi connectivity index (χ0v) is 11.1. The summed E-state index contributed by atoms with van der Waals surface area (Å²) in [6.45, 7) is 6.42. The summed E-state index contributed by atoms with van der Waals surface area (Å²) in [7, 11) is 0. The fourth-order valence-electron chi connectivity index (χ4n) is 2.31. The predicted octanol–water partition coefficient (Wildman–Crippen LogP) is 3.55. The van der Waals surface area contributed by atoms with Gasteiger partial charge in [-0.25, -0.2) is 0 Å². The largest absolute Gasteiger partial charge is 0.481 e. The maximum atomic E-state index is 10.6. The fourth-order valence-corrected chi connectivity index (χ4v) is 2.31. The summed E-state index contributed by atoms with van der Waals surface area (Å²) in [6, 6.07) is 6.66. The maximum absolute atomic E-state index is 10.6. The van der Waals surface area contributed by atoms with E-state index >= 15 is 0 Å². The summed E-state index contributed by atoms with van der Waals surface area (Å²) in [5.41, 5.74) is 3.55. The van der Waals surface area contributed by atoms with Crippen LogP contribution in [0.4, 0.5) is 0 Å². The van der Waals surface area contributed by atoms with E-state index in [1.807, 2.05) is 6.07 Å². The Hall–Kier alpha value is -1.77. The highest BCUT2D eigenvalue weighted by atomic mass is 16.4. The molecule has 96 valence electrons. The van der Waals surface area contributed by atoms with E-state index in [1.165, 1.54) is 16.5 Å². The molecule has 18 heavy (non-hydrogen) atoms. The lowest BCUT2D eigenvalue weighted by molar-refractivity contribution is -0.136. The van der Waals surface area contributed by atoms with Gasteiger partial charge < -0.3 is 9.67 Å². The van der Waals surface area contributed by atoms with Crippen LogP contribution in [0.15, 0.2) is 24.4 Å². The third kappa shape index (κ3) is 2.40. The smallest absolute Gasteiger partial charge is 0.303 e. The molecule has 0 radical (unpaired) electrons. The first-order valence-corrected chi connectivity index (χ1v) is 6.31. The van der Waals surface area contributed by atoms with E-state index in [0.717, 1.165) is 5.56 Å². The fraction of sp³-hybridized carbons (Fsp3) is 0.400. The van der Waals surface area contributed by atoms with Gasteiger partial charge in [0.2, 0.25) is 0 Å². The highest BCUT2D eigenvalue weighted by molar-refractivity contribution is 5.84. The second-order valence-corrected chi connectivity index (χ2v) is 5.06. The number of aryl methyl sites for hydroxylation is 2. The van der Waals surface area contributed by atoms with Gasteiger partial charge in [0.25, 0.3) is 0 Å². The van der Waals surface area contributed by atoms with Gasteiger partial charge in [0.05, 0.1) is 0 Å². The van der Waals surface area contributed by atoms with Crippen LogP contribution in [0.3, 0.4) is 0 Å². The van der Waals surface area contributed by atoms with Crippen molar-refractivity contribution in [2.45, 2.75) is 39.7 Å². The molecule has 2 rings (SSSR count). The molecular formula is C15H19NO2. The molecule has 0 amide bonds. The topological polar surface area (TPSA) is 42.2 Å². The Balaban J connectivity index is 2.42. The first-order chi connectivity index (χ1) is 8.49. The number of benzene rings is 1. The molecule has 2 aromatic rings. The summed E-state index contributed by atoms with van der Waals surface area (Å²) in [5.74, 6) is -0.745. The van der Waals surface area contributed by atoms with Gasteiger partial charge >= 0.3 is 5.97 Å². The molecule has 0 aliphatic rings. The molecule has 3 nitrogen and oxygen atoms in total. The zero-order valence-electron chi connectivity index (χ0n) is 11.1. The maximum Gasteiger partial charge on any atom is 0.303 e. The van der Waals surface area contributed by atoms with Crippen molar-refractivity contribution in [2.75, 3.05) is 0 Å². The van der Waals surface area contributed by atoms with Crippen LogP contribution in [-0.2, 0) is 11.2 Å². The molecule has 0 saturated heterocycles. The third-order valence-corrected chi connectivity index (χ3v) is 3.28. The van der Waals surface area contributed by atoms with Crippen molar-refractivity contribution in [2.24, 2.45) is 0 Å². The Morgan fingerprint density at radius 2 is 2.11 bits per heavy atom. The summed E-state index contributed by atoms with van der Waals surface area (Å²) >= 11 is 0. The number of carbonyl (C=O) groups is 1. The number of fused-ring (bicyclic) bond motifs is 1. The number of carboxylic acid groups (broad SMARTS) is 1.